The van der Waals surface area contributed by atoms with Crippen molar-refractivity contribution >= 4 is 29.9 Å². The van der Waals surface area contributed by atoms with Crippen molar-refractivity contribution < 1.29 is 4.52 Å². The minimum absolute atomic E-state index is 0. The van der Waals surface area contributed by atoms with E-state index in [4.69, 9.17) is 4.52 Å². The lowest BCUT2D eigenvalue weighted by molar-refractivity contribution is 0.249. The summed E-state index contributed by atoms with van der Waals surface area (Å²) in [7, 11) is 1.86. The standard InChI is InChI=1S/C17H30N6O.HI/c1-13(2)16-20-15(24-21-16)6-8-19-17(18-3)23-11-7-14(12-23)22-9-4-5-10-22;/h13-14H,4-12H2,1-3H3,(H,18,19);1H. The first-order valence-electron chi connectivity index (χ1n) is 9.19. The Hall–Kier alpha value is -0.900. The Bertz CT molecular complexity index is 555. The number of rotatable bonds is 5. The van der Waals surface area contributed by atoms with Gasteiger partial charge in [-0.3, -0.25) is 9.89 Å². The van der Waals surface area contributed by atoms with E-state index in [0.717, 1.165) is 37.8 Å². The summed E-state index contributed by atoms with van der Waals surface area (Å²) in [5.41, 5.74) is 0. The number of likely N-dealkylation sites (tertiary alicyclic amines) is 2. The molecule has 3 heterocycles. The van der Waals surface area contributed by atoms with Crippen molar-refractivity contribution in [2.45, 2.75) is 51.5 Å². The van der Waals surface area contributed by atoms with Crippen LogP contribution >= 0.6 is 24.0 Å². The van der Waals surface area contributed by atoms with Crippen LogP contribution in [0, 0.1) is 0 Å². The fourth-order valence-corrected chi connectivity index (χ4v) is 3.56. The normalized spacial score (nSPS) is 21.8. The minimum Gasteiger partial charge on any atom is -0.356 e. The molecule has 0 saturated carbocycles. The van der Waals surface area contributed by atoms with Crippen LogP contribution in [0.5, 0.6) is 0 Å². The molecule has 2 fully saturated rings. The number of guanidine groups is 1. The summed E-state index contributed by atoms with van der Waals surface area (Å²) in [4.78, 5) is 13.9. The van der Waals surface area contributed by atoms with Crippen molar-refractivity contribution in [3.8, 4) is 0 Å². The lowest BCUT2D eigenvalue weighted by Gasteiger charge is -2.25. The molecule has 3 rings (SSSR count). The molecule has 0 radical (unpaired) electrons. The maximum atomic E-state index is 5.29. The second-order valence-electron chi connectivity index (χ2n) is 7.06. The minimum atomic E-state index is 0. The van der Waals surface area contributed by atoms with E-state index in [1.807, 2.05) is 7.05 Å². The zero-order valence-corrected chi connectivity index (χ0v) is 17.9. The highest BCUT2D eigenvalue weighted by molar-refractivity contribution is 14.0. The Kier molecular flexibility index (Phi) is 7.92. The van der Waals surface area contributed by atoms with E-state index < -0.39 is 0 Å². The van der Waals surface area contributed by atoms with Crippen LogP contribution in [0.4, 0.5) is 0 Å². The monoisotopic (exact) mass is 462 g/mol. The zero-order chi connectivity index (χ0) is 16.9. The lowest BCUT2D eigenvalue weighted by Crippen LogP contribution is -2.43. The number of aliphatic imine (C=N–C) groups is 1. The van der Waals surface area contributed by atoms with Crippen LogP contribution in [0.2, 0.25) is 0 Å². The van der Waals surface area contributed by atoms with Gasteiger partial charge >= 0.3 is 0 Å². The molecule has 2 aliphatic heterocycles. The fraction of sp³-hybridized carbons (Fsp3) is 0.824. The SMILES string of the molecule is CN=C(NCCc1nc(C(C)C)no1)N1CCC(N2CCCC2)C1.I. The van der Waals surface area contributed by atoms with Crippen molar-refractivity contribution in [1.82, 2.24) is 25.3 Å². The van der Waals surface area contributed by atoms with Gasteiger partial charge in [-0.2, -0.15) is 4.98 Å². The molecule has 0 aliphatic carbocycles. The summed E-state index contributed by atoms with van der Waals surface area (Å²) in [6, 6.07) is 0.690. The van der Waals surface area contributed by atoms with Crippen molar-refractivity contribution in [3.63, 3.8) is 0 Å². The summed E-state index contributed by atoms with van der Waals surface area (Å²) in [6.07, 6.45) is 4.67. The molecule has 0 spiro atoms. The maximum absolute atomic E-state index is 5.29. The summed E-state index contributed by atoms with van der Waals surface area (Å²) < 4.78 is 5.29. The number of hydrogen-bond donors (Lipinski definition) is 1. The predicted octanol–water partition coefficient (Wildman–Crippen LogP) is 2.10. The topological polar surface area (TPSA) is 69.8 Å². The van der Waals surface area contributed by atoms with E-state index >= 15 is 0 Å². The molecule has 0 aromatic carbocycles. The van der Waals surface area contributed by atoms with Gasteiger partial charge in [0.25, 0.3) is 0 Å². The van der Waals surface area contributed by atoms with Gasteiger partial charge in [-0.05, 0) is 32.4 Å². The van der Waals surface area contributed by atoms with E-state index in [1.165, 1.54) is 32.4 Å². The molecule has 7 nitrogen and oxygen atoms in total. The molecule has 1 N–H and O–H groups in total. The molecule has 8 heteroatoms. The molecule has 0 bridgehead atoms. The number of halogens is 1. The predicted molar refractivity (Wildman–Crippen MR) is 110 cm³/mol. The molecule has 1 unspecified atom stereocenters. The molecule has 0 amide bonds. The van der Waals surface area contributed by atoms with Crippen LogP contribution in [-0.2, 0) is 6.42 Å². The van der Waals surface area contributed by atoms with E-state index in [9.17, 15) is 0 Å². The average molecular weight is 462 g/mol. The van der Waals surface area contributed by atoms with Crippen LogP contribution in [0.3, 0.4) is 0 Å². The maximum Gasteiger partial charge on any atom is 0.228 e. The van der Waals surface area contributed by atoms with E-state index in [0.29, 0.717) is 17.9 Å². The number of nitrogens with one attached hydrogen (secondary N) is 1. The van der Waals surface area contributed by atoms with Gasteiger partial charge in [0.05, 0.1) is 0 Å². The molecule has 1 aromatic heterocycles. The first kappa shape index (κ1) is 20.4. The van der Waals surface area contributed by atoms with Gasteiger partial charge in [-0.25, -0.2) is 0 Å². The van der Waals surface area contributed by atoms with Gasteiger partial charge in [0.15, 0.2) is 11.8 Å². The summed E-state index contributed by atoms with van der Waals surface area (Å²) in [6.45, 7) is 9.59. The Labute approximate surface area is 167 Å². The highest BCUT2D eigenvalue weighted by atomic mass is 127. The van der Waals surface area contributed by atoms with E-state index in [1.54, 1.807) is 0 Å². The van der Waals surface area contributed by atoms with Crippen molar-refractivity contribution in [1.29, 1.82) is 0 Å². The fourth-order valence-electron chi connectivity index (χ4n) is 3.56. The van der Waals surface area contributed by atoms with E-state index in [2.05, 4.69) is 44.1 Å². The lowest BCUT2D eigenvalue weighted by atomic mass is 10.2. The quantitative estimate of drug-likeness (QED) is 0.411. The third-order valence-electron chi connectivity index (χ3n) is 4.95. The second kappa shape index (κ2) is 9.70. The van der Waals surface area contributed by atoms with Crippen molar-refractivity contribution in [2.75, 3.05) is 39.8 Å². The van der Waals surface area contributed by atoms with Gasteiger partial charge in [-0.1, -0.05) is 19.0 Å². The number of aromatic nitrogens is 2. The third kappa shape index (κ3) is 5.29. The van der Waals surface area contributed by atoms with Crippen LogP contribution in [0.1, 0.15) is 50.7 Å². The molecule has 142 valence electrons. The summed E-state index contributed by atoms with van der Waals surface area (Å²) >= 11 is 0. The van der Waals surface area contributed by atoms with Gasteiger partial charge in [0, 0.05) is 45.1 Å². The van der Waals surface area contributed by atoms with Crippen LogP contribution in [0.25, 0.3) is 0 Å². The molecular weight excluding hydrogens is 431 g/mol. The average Bonchev–Trinajstić information content (AvgIpc) is 3.32. The van der Waals surface area contributed by atoms with Crippen LogP contribution in [0.15, 0.2) is 9.52 Å². The highest BCUT2D eigenvalue weighted by Crippen LogP contribution is 2.20. The second-order valence-corrected chi connectivity index (χ2v) is 7.06. The molecular formula is C17H31IN6O. The number of nitrogens with zero attached hydrogens (tertiary/aromatic N) is 5. The van der Waals surface area contributed by atoms with Gasteiger partial charge < -0.3 is 14.7 Å². The first-order chi connectivity index (χ1) is 11.7. The van der Waals surface area contributed by atoms with Gasteiger partial charge in [-0.15, -0.1) is 24.0 Å². The molecule has 2 saturated heterocycles. The molecule has 25 heavy (non-hydrogen) atoms. The third-order valence-corrected chi connectivity index (χ3v) is 4.95. The summed E-state index contributed by atoms with van der Waals surface area (Å²) in [5, 5.41) is 7.44. The molecule has 1 aromatic rings. The Morgan fingerprint density at radius 2 is 2.08 bits per heavy atom. The van der Waals surface area contributed by atoms with E-state index in [-0.39, 0.29) is 24.0 Å². The van der Waals surface area contributed by atoms with Crippen LogP contribution < -0.4 is 5.32 Å². The van der Waals surface area contributed by atoms with Gasteiger partial charge in [0.1, 0.15) is 0 Å². The largest absolute Gasteiger partial charge is 0.356 e. The highest BCUT2D eigenvalue weighted by Gasteiger charge is 2.30. The summed E-state index contributed by atoms with van der Waals surface area (Å²) in [5.74, 6) is 2.76. The smallest absolute Gasteiger partial charge is 0.228 e. The number of hydrogen-bond acceptors (Lipinski definition) is 5. The Morgan fingerprint density at radius 1 is 1.32 bits per heavy atom. The van der Waals surface area contributed by atoms with Crippen LogP contribution in [-0.4, -0.2) is 71.7 Å². The van der Waals surface area contributed by atoms with Crippen molar-refractivity contribution in [3.05, 3.63) is 11.7 Å². The Morgan fingerprint density at radius 3 is 2.72 bits per heavy atom. The van der Waals surface area contributed by atoms with Gasteiger partial charge in [0.2, 0.25) is 5.89 Å². The first-order valence-corrected chi connectivity index (χ1v) is 9.19. The molecule has 2 aliphatic rings. The molecule has 1 atom stereocenters. The van der Waals surface area contributed by atoms with Crippen molar-refractivity contribution in [2.24, 2.45) is 4.99 Å². The zero-order valence-electron chi connectivity index (χ0n) is 15.6. The Balaban J connectivity index is 0.00000225.